The molecule has 1 heterocycles. The van der Waals surface area contributed by atoms with Crippen LogP contribution in [-0.2, 0) is 6.42 Å². The number of guanidine groups is 1. The van der Waals surface area contributed by atoms with Crippen molar-refractivity contribution in [1.29, 1.82) is 0 Å². The first-order valence-corrected chi connectivity index (χ1v) is 10.6. The maximum absolute atomic E-state index is 12.1. The first-order chi connectivity index (χ1) is 14.6. The first kappa shape index (κ1) is 23.2. The highest BCUT2D eigenvalue weighted by Crippen LogP contribution is 2.07. The van der Waals surface area contributed by atoms with Crippen LogP contribution in [0.2, 0.25) is 0 Å². The van der Waals surface area contributed by atoms with E-state index < -0.39 is 0 Å². The van der Waals surface area contributed by atoms with Crippen LogP contribution in [0.5, 0.6) is 0 Å². The van der Waals surface area contributed by atoms with Gasteiger partial charge in [-0.05, 0) is 56.0 Å². The van der Waals surface area contributed by atoms with Crippen LogP contribution < -0.4 is 16.0 Å². The van der Waals surface area contributed by atoms with Crippen molar-refractivity contribution < 1.29 is 4.79 Å². The summed E-state index contributed by atoms with van der Waals surface area (Å²) in [7, 11) is 3.54. The lowest BCUT2D eigenvalue weighted by atomic mass is 10.1. The number of aromatic nitrogens is 1. The van der Waals surface area contributed by atoms with E-state index in [9.17, 15) is 4.79 Å². The lowest BCUT2D eigenvalue weighted by Gasteiger charge is -2.13. The van der Waals surface area contributed by atoms with Gasteiger partial charge in [-0.1, -0.05) is 18.2 Å². The van der Waals surface area contributed by atoms with Gasteiger partial charge in [-0.3, -0.25) is 9.79 Å². The molecular formula is C23H34N6O. The molecule has 0 atom stereocenters. The van der Waals surface area contributed by atoms with E-state index in [1.165, 1.54) is 0 Å². The number of unbranched alkanes of at least 4 members (excludes halogenated alkanes) is 1. The van der Waals surface area contributed by atoms with Gasteiger partial charge in [0.05, 0.1) is 0 Å². The minimum Gasteiger partial charge on any atom is -0.370 e. The smallest absolute Gasteiger partial charge is 0.253 e. The van der Waals surface area contributed by atoms with Gasteiger partial charge >= 0.3 is 0 Å². The third kappa shape index (κ3) is 8.51. The molecule has 30 heavy (non-hydrogen) atoms. The molecule has 0 saturated heterocycles. The number of amides is 1. The van der Waals surface area contributed by atoms with Gasteiger partial charge in [-0.25, -0.2) is 4.98 Å². The van der Waals surface area contributed by atoms with E-state index in [0.29, 0.717) is 0 Å². The zero-order valence-electron chi connectivity index (χ0n) is 18.3. The number of carbonyl (C=O) groups is 1. The third-order valence-corrected chi connectivity index (χ3v) is 4.46. The molecule has 0 aliphatic rings. The Hall–Kier alpha value is -3.09. The third-order valence-electron chi connectivity index (χ3n) is 4.46. The molecule has 0 radical (unpaired) electrons. The predicted molar refractivity (Wildman–Crippen MR) is 124 cm³/mol. The summed E-state index contributed by atoms with van der Waals surface area (Å²) in [6, 6.07) is 13.7. The summed E-state index contributed by atoms with van der Waals surface area (Å²) in [4.78, 5) is 22.6. The van der Waals surface area contributed by atoms with Crippen LogP contribution in [0.15, 0.2) is 53.7 Å². The molecule has 1 aromatic carbocycles. The van der Waals surface area contributed by atoms with Gasteiger partial charge in [0.15, 0.2) is 5.96 Å². The molecule has 1 amide bonds. The maximum atomic E-state index is 12.1. The maximum Gasteiger partial charge on any atom is 0.253 e. The number of aliphatic imine (C=N–C) groups is 1. The molecule has 0 fully saturated rings. The van der Waals surface area contributed by atoms with E-state index in [2.05, 4.69) is 32.9 Å². The van der Waals surface area contributed by atoms with Crippen molar-refractivity contribution in [2.75, 3.05) is 45.6 Å². The van der Waals surface area contributed by atoms with Gasteiger partial charge in [0.25, 0.3) is 5.91 Å². The lowest BCUT2D eigenvalue weighted by Crippen LogP contribution is -2.38. The zero-order chi connectivity index (χ0) is 21.6. The Labute approximate surface area is 180 Å². The second kappa shape index (κ2) is 13.2. The van der Waals surface area contributed by atoms with Crippen LogP contribution in [0.4, 0.5) is 5.82 Å². The molecule has 7 heteroatoms. The van der Waals surface area contributed by atoms with Crippen molar-refractivity contribution in [3.8, 4) is 0 Å². The Balaban J connectivity index is 1.71. The summed E-state index contributed by atoms with van der Waals surface area (Å²) in [5.41, 5.74) is 1.85. The highest BCUT2D eigenvalue weighted by atomic mass is 16.2. The minimum absolute atomic E-state index is 0.0252. The van der Waals surface area contributed by atoms with Crippen LogP contribution in [0.25, 0.3) is 0 Å². The highest BCUT2D eigenvalue weighted by Gasteiger charge is 2.08. The molecule has 3 N–H and O–H groups in total. The van der Waals surface area contributed by atoms with E-state index in [1.807, 2.05) is 42.5 Å². The molecule has 0 spiro atoms. The normalized spacial score (nSPS) is 11.1. The average molecular weight is 411 g/mol. The predicted octanol–water partition coefficient (Wildman–Crippen LogP) is 2.77. The van der Waals surface area contributed by atoms with Crippen LogP contribution in [-0.4, -0.2) is 62.0 Å². The Morgan fingerprint density at radius 1 is 1.07 bits per heavy atom. The van der Waals surface area contributed by atoms with E-state index in [0.717, 1.165) is 68.3 Å². The molecule has 0 unspecified atom stereocenters. The number of carbonyl (C=O) groups excluding carboxylic acids is 1. The average Bonchev–Trinajstić information content (AvgIpc) is 2.76. The van der Waals surface area contributed by atoms with Crippen molar-refractivity contribution in [1.82, 2.24) is 20.5 Å². The lowest BCUT2D eigenvalue weighted by molar-refractivity contribution is 0.0827. The molecule has 0 aliphatic heterocycles. The minimum atomic E-state index is 0.0252. The SMILES string of the molecule is CCNC(=NCCCCNc1ccccn1)NCCc1cccc(C(=O)N(C)C)c1. The molecule has 7 nitrogen and oxygen atoms in total. The fourth-order valence-corrected chi connectivity index (χ4v) is 2.90. The molecule has 2 rings (SSSR count). The number of hydrogen-bond donors (Lipinski definition) is 3. The highest BCUT2D eigenvalue weighted by molar-refractivity contribution is 5.94. The fourth-order valence-electron chi connectivity index (χ4n) is 2.90. The van der Waals surface area contributed by atoms with Gasteiger partial charge in [0, 0.05) is 52.0 Å². The van der Waals surface area contributed by atoms with Crippen molar-refractivity contribution in [3.63, 3.8) is 0 Å². The summed E-state index contributed by atoms with van der Waals surface area (Å²) in [6.45, 7) is 5.29. The van der Waals surface area contributed by atoms with E-state index >= 15 is 0 Å². The van der Waals surface area contributed by atoms with Gasteiger partial charge < -0.3 is 20.9 Å². The molecule has 162 valence electrons. The molecular weight excluding hydrogens is 376 g/mol. The molecule has 0 aliphatic carbocycles. The summed E-state index contributed by atoms with van der Waals surface area (Å²) in [5.74, 6) is 1.76. The Morgan fingerprint density at radius 3 is 2.67 bits per heavy atom. The Bertz CT molecular complexity index is 791. The monoisotopic (exact) mass is 410 g/mol. The summed E-state index contributed by atoms with van der Waals surface area (Å²) in [6.07, 6.45) is 4.65. The van der Waals surface area contributed by atoms with Gasteiger partial charge in [-0.2, -0.15) is 0 Å². The van der Waals surface area contributed by atoms with Crippen LogP contribution >= 0.6 is 0 Å². The van der Waals surface area contributed by atoms with E-state index in [-0.39, 0.29) is 5.91 Å². The Kier molecular flexibility index (Phi) is 10.2. The van der Waals surface area contributed by atoms with E-state index in [4.69, 9.17) is 0 Å². The molecule has 0 saturated carbocycles. The molecule has 0 bridgehead atoms. The number of anilines is 1. The number of nitrogens with zero attached hydrogens (tertiary/aromatic N) is 3. The largest absolute Gasteiger partial charge is 0.370 e. The number of nitrogens with one attached hydrogen (secondary N) is 3. The van der Waals surface area contributed by atoms with Crippen LogP contribution in [0.1, 0.15) is 35.7 Å². The Morgan fingerprint density at radius 2 is 1.93 bits per heavy atom. The van der Waals surface area contributed by atoms with Crippen LogP contribution in [0.3, 0.4) is 0 Å². The summed E-state index contributed by atoms with van der Waals surface area (Å²) < 4.78 is 0. The number of hydrogen-bond acceptors (Lipinski definition) is 4. The zero-order valence-corrected chi connectivity index (χ0v) is 18.3. The van der Waals surface area contributed by atoms with Gasteiger partial charge in [0.2, 0.25) is 0 Å². The van der Waals surface area contributed by atoms with Crippen molar-refractivity contribution in [2.45, 2.75) is 26.2 Å². The second-order valence-corrected chi connectivity index (χ2v) is 7.19. The van der Waals surface area contributed by atoms with Crippen molar-refractivity contribution in [3.05, 3.63) is 59.8 Å². The van der Waals surface area contributed by atoms with Crippen molar-refractivity contribution >= 4 is 17.7 Å². The number of benzene rings is 1. The summed E-state index contributed by atoms with van der Waals surface area (Å²) in [5, 5.41) is 9.97. The number of rotatable bonds is 11. The van der Waals surface area contributed by atoms with Gasteiger partial charge in [-0.15, -0.1) is 0 Å². The van der Waals surface area contributed by atoms with Crippen LogP contribution in [0, 0.1) is 0 Å². The first-order valence-electron chi connectivity index (χ1n) is 10.6. The topological polar surface area (TPSA) is 81.6 Å². The van der Waals surface area contributed by atoms with E-state index in [1.54, 1.807) is 25.2 Å². The second-order valence-electron chi connectivity index (χ2n) is 7.19. The number of pyridine rings is 1. The van der Waals surface area contributed by atoms with Crippen molar-refractivity contribution in [2.24, 2.45) is 4.99 Å². The quantitative estimate of drug-likeness (QED) is 0.301. The van der Waals surface area contributed by atoms with Gasteiger partial charge in [0.1, 0.15) is 5.82 Å². The molecule has 2 aromatic rings. The molecule has 1 aromatic heterocycles. The fraction of sp³-hybridized carbons (Fsp3) is 0.435. The standard InChI is InChI=1S/C23H34N6O/c1-4-24-23(27-16-8-7-15-26-21-12-5-6-14-25-21)28-17-13-19-10-9-11-20(18-19)22(30)29(2)3/h5-6,9-12,14,18H,4,7-8,13,15-17H2,1-3H3,(H,25,26)(H2,24,27,28). The summed E-state index contributed by atoms with van der Waals surface area (Å²) >= 11 is 0.